The van der Waals surface area contributed by atoms with Crippen LogP contribution in [0.1, 0.15) is 39.5 Å². The number of amides is 2. The molecule has 1 aliphatic carbocycles. The minimum atomic E-state index is -0.120. The van der Waals surface area contributed by atoms with Gasteiger partial charge < -0.3 is 15.7 Å². The Morgan fingerprint density at radius 3 is 2.47 bits per heavy atom. The number of urea groups is 1. The second-order valence-corrected chi connectivity index (χ2v) is 4.68. The van der Waals surface area contributed by atoms with Gasteiger partial charge >= 0.3 is 6.03 Å². The normalized spacial score (nSPS) is 26.4. The second kappa shape index (κ2) is 5.95. The van der Waals surface area contributed by atoms with E-state index in [1.54, 1.807) is 0 Å². The fourth-order valence-electron chi connectivity index (χ4n) is 1.90. The summed E-state index contributed by atoms with van der Waals surface area (Å²) in [4.78, 5) is 11.3. The lowest BCUT2D eigenvalue weighted by Gasteiger charge is -2.25. The minimum Gasteiger partial charge on any atom is -0.393 e. The maximum Gasteiger partial charge on any atom is 0.314 e. The van der Waals surface area contributed by atoms with Crippen molar-refractivity contribution in [3.05, 3.63) is 0 Å². The summed E-state index contributed by atoms with van der Waals surface area (Å²) in [5, 5.41) is 15.0. The van der Waals surface area contributed by atoms with Crippen molar-refractivity contribution in [1.82, 2.24) is 10.6 Å². The van der Waals surface area contributed by atoms with Crippen molar-refractivity contribution < 1.29 is 9.90 Å². The molecule has 1 saturated carbocycles. The van der Waals surface area contributed by atoms with E-state index in [2.05, 4.69) is 10.6 Å². The van der Waals surface area contributed by atoms with Crippen LogP contribution in [0.2, 0.25) is 0 Å². The lowest BCUT2D eigenvalue weighted by atomic mass is 9.87. The molecular weight excluding hydrogens is 192 g/mol. The topological polar surface area (TPSA) is 61.4 Å². The molecular formula is C11H22N2O2. The molecule has 1 fully saturated rings. The summed E-state index contributed by atoms with van der Waals surface area (Å²) in [5.74, 6) is 0.534. The summed E-state index contributed by atoms with van der Waals surface area (Å²) in [7, 11) is 0. The van der Waals surface area contributed by atoms with E-state index in [-0.39, 0.29) is 18.2 Å². The lowest BCUT2D eigenvalue weighted by molar-refractivity contribution is 0.109. The highest BCUT2D eigenvalue weighted by molar-refractivity contribution is 5.74. The predicted molar refractivity (Wildman–Crippen MR) is 59.6 cm³/mol. The first-order chi connectivity index (χ1) is 7.08. The van der Waals surface area contributed by atoms with E-state index in [4.69, 9.17) is 0 Å². The average Bonchev–Trinajstić information content (AvgIpc) is 2.16. The van der Waals surface area contributed by atoms with Gasteiger partial charge in [-0.2, -0.15) is 0 Å². The van der Waals surface area contributed by atoms with E-state index in [1.165, 1.54) is 0 Å². The first-order valence-corrected chi connectivity index (χ1v) is 5.80. The number of hydrogen-bond donors (Lipinski definition) is 3. The van der Waals surface area contributed by atoms with E-state index in [0.29, 0.717) is 5.92 Å². The monoisotopic (exact) mass is 214 g/mol. The molecule has 0 aliphatic heterocycles. The average molecular weight is 214 g/mol. The number of aliphatic hydroxyl groups excluding tert-OH is 1. The Bertz CT molecular complexity index is 199. The van der Waals surface area contributed by atoms with Gasteiger partial charge in [0.05, 0.1) is 6.10 Å². The zero-order valence-electron chi connectivity index (χ0n) is 9.62. The Labute approximate surface area is 91.4 Å². The fraction of sp³-hybridized carbons (Fsp3) is 0.909. The molecule has 0 radical (unpaired) electrons. The van der Waals surface area contributed by atoms with Crippen LogP contribution in [0.15, 0.2) is 0 Å². The van der Waals surface area contributed by atoms with E-state index in [9.17, 15) is 9.90 Å². The quantitative estimate of drug-likeness (QED) is 0.662. The van der Waals surface area contributed by atoms with Crippen LogP contribution < -0.4 is 10.6 Å². The molecule has 0 bridgehead atoms. The smallest absolute Gasteiger partial charge is 0.314 e. The van der Waals surface area contributed by atoms with Crippen molar-refractivity contribution >= 4 is 6.03 Å². The van der Waals surface area contributed by atoms with Crippen molar-refractivity contribution in [2.75, 3.05) is 6.54 Å². The third-order valence-corrected chi connectivity index (χ3v) is 2.79. The summed E-state index contributed by atoms with van der Waals surface area (Å²) >= 11 is 0. The van der Waals surface area contributed by atoms with Crippen LogP contribution in [0.5, 0.6) is 0 Å². The van der Waals surface area contributed by atoms with Gasteiger partial charge in [0.2, 0.25) is 0 Å². The molecule has 0 unspecified atom stereocenters. The molecule has 88 valence electrons. The summed E-state index contributed by atoms with van der Waals surface area (Å²) in [6.45, 7) is 4.61. The van der Waals surface area contributed by atoms with E-state index in [0.717, 1.165) is 32.2 Å². The Hall–Kier alpha value is -0.770. The van der Waals surface area contributed by atoms with Gasteiger partial charge in [-0.25, -0.2) is 4.79 Å². The number of carbonyl (C=O) groups is 1. The summed E-state index contributed by atoms with van der Waals surface area (Å²) in [6.07, 6.45) is 3.66. The highest BCUT2D eigenvalue weighted by Gasteiger charge is 2.19. The zero-order valence-corrected chi connectivity index (χ0v) is 9.62. The van der Waals surface area contributed by atoms with Gasteiger partial charge in [0, 0.05) is 12.6 Å². The third kappa shape index (κ3) is 5.02. The highest BCUT2D eigenvalue weighted by Crippen LogP contribution is 2.23. The number of aliphatic hydroxyl groups is 1. The van der Waals surface area contributed by atoms with Gasteiger partial charge in [0.25, 0.3) is 0 Å². The number of nitrogens with one attached hydrogen (secondary N) is 2. The van der Waals surface area contributed by atoms with Crippen molar-refractivity contribution in [2.24, 2.45) is 5.92 Å². The van der Waals surface area contributed by atoms with Gasteiger partial charge in [-0.1, -0.05) is 0 Å². The Kier molecular flexibility index (Phi) is 4.88. The fourth-order valence-corrected chi connectivity index (χ4v) is 1.90. The summed E-state index contributed by atoms with van der Waals surface area (Å²) in [5.41, 5.74) is 0. The van der Waals surface area contributed by atoms with Crippen LogP contribution in [-0.4, -0.2) is 29.8 Å². The second-order valence-electron chi connectivity index (χ2n) is 4.68. The molecule has 0 aromatic carbocycles. The molecule has 1 rings (SSSR count). The maximum absolute atomic E-state index is 11.3. The van der Waals surface area contributed by atoms with E-state index >= 15 is 0 Å². The minimum absolute atomic E-state index is 0.0869. The van der Waals surface area contributed by atoms with Crippen LogP contribution >= 0.6 is 0 Å². The van der Waals surface area contributed by atoms with Crippen molar-refractivity contribution in [3.8, 4) is 0 Å². The van der Waals surface area contributed by atoms with Crippen LogP contribution in [-0.2, 0) is 0 Å². The van der Waals surface area contributed by atoms with Crippen molar-refractivity contribution in [3.63, 3.8) is 0 Å². The Morgan fingerprint density at radius 1 is 1.33 bits per heavy atom. The molecule has 0 heterocycles. The molecule has 4 heteroatoms. The van der Waals surface area contributed by atoms with Gasteiger partial charge in [-0.3, -0.25) is 0 Å². The molecule has 3 N–H and O–H groups in total. The molecule has 2 amide bonds. The van der Waals surface area contributed by atoms with Gasteiger partial charge in [0.15, 0.2) is 0 Å². The zero-order chi connectivity index (χ0) is 11.3. The highest BCUT2D eigenvalue weighted by atomic mass is 16.3. The largest absolute Gasteiger partial charge is 0.393 e. The molecule has 0 aromatic heterocycles. The Morgan fingerprint density at radius 2 is 1.93 bits per heavy atom. The Balaban J connectivity index is 2.12. The first kappa shape index (κ1) is 12.3. The maximum atomic E-state index is 11.3. The molecule has 0 atom stereocenters. The van der Waals surface area contributed by atoms with Gasteiger partial charge in [-0.05, 0) is 45.4 Å². The van der Waals surface area contributed by atoms with Crippen LogP contribution in [0.3, 0.4) is 0 Å². The van der Waals surface area contributed by atoms with Crippen LogP contribution in [0.4, 0.5) is 4.79 Å². The van der Waals surface area contributed by atoms with Gasteiger partial charge in [0.1, 0.15) is 0 Å². The molecule has 0 spiro atoms. The van der Waals surface area contributed by atoms with Crippen LogP contribution in [0, 0.1) is 5.92 Å². The number of rotatable bonds is 3. The standard InChI is InChI=1S/C11H22N2O2/c1-8(2)13-11(15)12-7-9-3-5-10(14)6-4-9/h8-10,14H,3-7H2,1-2H3,(H2,12,13,15). The molecule has 15 heavy (non-hydrogen) atoms. The molecule has 4 nitrogen and oxygen atoms in total. The van der Waals surface area contributed by atoms with Crippen LogP contribution in [0.25, 0.3) is 0 Å². The molecule has 0 saturated heterocycles. The third-order valence-electron chi connectivity index (χ3n) is 2.79. The molecule has 1 aliphatic rings. The van der Waals surface area contributed by atoms with Crippen molar-refractivity contribution in [1.29, 1.82) is 0 Å². The van der Waals surface area contributed by atoms with Crippen molar-refractivity contribution in [2.45, 2.75) is 51.7 Å². The summed E-state index contributed by atoms with van der Waals surface area (Å²) in [6, 6.07) is 0.0919. The number of hydrogen-bond acceptors (Lipinski definition) is 2. The number of carbonyl (C=O) groups excluding carboxylic acids is 1. The lowest BCUT2D eigenvalue weighted by Crippen LogP contribution is -2.42. The molecule has 0 aromatic rings. The SMILES string of the molecule is CC(C)NC(=O)NCC1CCC(O)CC1. The van der Waals surface area contributed by atoms with E-state index < -0.39 is 0 Å². The van der Waals surface area contributed by atoms with E-state index in [1.807, 2.05) is 13.8 Å². The first-order valence-electron chi connectivity index (χ1n) is 5.80. The van der Waals surface area contributed by atoms with Gasteiger partial charge in [-0.15, -0.1) is 0 Å². The summed E-state index contributed by atoms with van der Waals surface area (Å²) < 4.78 is 0. The predicted octanol–water partition coefficient (Wildman–Crippen LogP) is 1.25.